The Morgan fingerprint density at radius 2 is 2.20 bits per heavy atom. The quantitative estimate of drug-likeness (QED) is 0.742. The number of hydrogen-bond acceptors (Lipinski definition) is 1. The molecule has 78 valence electrons. The number of hydrogen-bond donors (Lipinski definition) is 1. The summed E-state index contributed by atoms with van der Waals surface area (Å²) in [6.07, 6.45) is 3.55. The van der Waals surface area contributed by atoms with Crippen LogP contribution in [0.1, 0.15) is 13.3 Å². The second-order valence-electron chi connectivity index (χ2n) is 4.76. The molecule has 0 saturated heterocycles. The summed E-state index contributed by atoms with van der Waals surface area (Å²) in [6, 6.07) is 8.30. The smallest absolute Gasteiger partial charge is 0.0500 e. The highest BCUT2D eigenvalue weighted by Gasteiger charge is 2.32. The third kappa shape index (κ3) is 1.50. The second kappa shape index (κ2) is 3.02. The molecule has 1 aromatic carbocycles. The van der Waals surface area contributed by atoms with Crippen molar-refractivity contribution >= 4 is 16.6 Å². The molecule has 1 aliphatic carbocycles. The van der Waals surface area contributed by atoms with Gasteiger partial charge < -0.3 is 10.3 Å². The molecule has 1 aromatic heterocycles. The Bertz CT molecular complexity index is 498. The summed E-state index contributed by atoms with van der Waals surface area (Å²) >= 11 is 0. The lowest BCUT2D eigenvalue weighted by atomic mass is 10.2. The van der Waals surface area contributed by atoms with Crippen LogP contribution in [0.5, 0.6) is 0 Å². The summed E-state index contributed by atoms with van der Waals surface area (Å²) in [5.41, 5.74) is 7.94. The van der Waals surface area contributed by atoms with E-state index < -0.39 is 0 Å². The van der Waals surface area contributed by atoms with E-state index in [0.717, 1.165) is 24.1 Å². The highest BCUT2D eigenvalue weighted by Crippen LogP contribution is 2.39. The van der Waals surface area contributed by atoms with Crippen LogP contribution >= 0.6 is 0 Å². The van der Waals surface area contributed by atoms with Gasteiger partial charge in [-0.2, -0.15) is 0 Å². The SMILES string of the molecule is CC1CC1Cn1ccc2ccc(N)cc21. The number of rotatable bonds is 2. The van der Waals surface area contributed by atoms with E-state index in [0.29, 0.717) is 0 Å². The number of anilines is 1. The van der Waals surface area contributed by atoms with Gasteiger partial charge in [0.05, 0.1) is 5.52 Å². The zero-order valence-corrected chi connectivity index (χ0v) is 8.98. The Morgan fingerprint density at radius 3 is 2.93 bits per heavy atom. The van der Waals surface area contributed by atoms with Crippen molar-refractivity contribution in [1.82, 2.24) is 4.57 Å². The fourth-order valence-corrected chi connectivity index (χ4v) is 2.27. The largest absolute Gasteiger partial charge is 0.399 e. The molecule has 1 fully saturated rings. The van der Waals surface area contributed by atoms with Crippen LogP contribution < -0.4 is 5.73 Å². The topological polar surface area (TPSA) is 30.9 Å². The first-order valence-electron chi connectivity index (χ1n) is 5.58. The van der Waals surface area contributed by atoms with E-state index in [1.54, 1.807) is 0 Å². The van der Waals surface area contributed by atoms with Crippen molar-refractivity contribution in [3.63, 3.8) is 0 Å². The van der Waals surface area contributed by atoms with Crippen molar-refractivity contribution in [3.8, 4) is 0 Å². The summed E-state index contributed by atoms with van der Waals surface area (Å²) in [5, 5.41) is 1.29. The molecule has 0 spiro atoms. The van der Waals surface area contributed by atoms with Crippen LogP contribution in [-0.2, 0) is 6.54 Å². The van der Waals surface area contributed by atoms with Gasteiger partial charge in [-0.3, -0.25) is 0 Å². The number of aromatic nitrogens is 1. The van der Waals surface area contributed by atoms with E-state index in [2.05, 4.69) is 35.9 Å². The average molecular weight is 200 g/mol. The van der Waals surface area contributed by atoms with Gasteiger partial charge in [0, 0.05) is 18.4 Å². The van der Waals surface area contributed by atoms with Gasteiger partial charge in [0.15, 0.2) is 0 Å². The summed E-state index contributed by atoms with van der Waals surface area (Å²) in [7, 11) is 0. The fraction of sp³-hybridized carbons (Fsp3) is 0.385. The first-order chi connectivity index (χ1) is 7.24. The Morgan fingerprint density at radius 1 is 1.40 bits per heavy atom. The minimum absolute atomic E-state index is 0.853. The van der Waals surface area contributed by atoms with Gasteiger partial charge in [0.2, 0.25) is 0 Å². The third-order valence-corrected chi connectivity index (χ3v) is 3.51. The van der Waals surface area contributed by atoms with Crippen molar-refractivity contribution in [1.29, 1.82) is 0 Å². The lowest BCUT2D eigenvalue weighted by molar-refractivity contribution is 0.610. The van der Waals surface area contributed by atoms with E-state index in [4.69, 9.17) is 5.73 Å². The zero-order valence-electron chi connectivity index (χ0n) is 8.98. The monoisotopic (exact) mass is 200 g/mol. The molecule has 2 N–H and O–H groups in total. The van der Waals surface area contributed by atoms with E-state index in [9.17, 15) is 0 Å². The van der Waals surface area contributed by atoms with Crippen LogP contribution in [0.2, 0.25) is 0 Å². The highest BCUT2D eigenvalue weighted by molar-refractivity contribution is 5.83. The van der Waals surface area contributed by atoms with Crippen molar-refractivity contribution in [2.75, 3.05) is 5.73 Å². The molecule has 2 heteroatoms. The molecule has 2 unspecified atom stereocenters. The summed E-state index contributed by atoms with van der Waals surface area (Å²) < 4.78 is 2.33. The minimum Gasteiger partial charge on any atom is -0.399 e. The van der Waals surface area contributed by atoms with E-state index >= 15 is 0 Å². The third-order valence-electron chi connectivity index (χ3n) is 3.51. The molecule has 15 heavy (non-hydrogen) atoms. The molecule has 0 aliphatic heterocycles. The Labute approximate surface area is 89.7 Å². The van der Waals surface area contributed by atoms with Gasteiger partial charge in [0.1, 0.15) is 0 Å². The summed E-state index contributed by atoms with van der Waals surface area (Å²) in [4.78, 5) is 0. The Balaban J connectivity index is 1.99. The molecule has 0 amide bonds. The fourth-order valence-electron chi connectivity index (χ4n) is 2.27. The maximum atomic E-state index is 5.81. The van der Waals surface area contributed by atoms with Gasteiger partial charge in [-0.25, -0.2) is 0 Å². The normalized spacial score (nSPS) is 24.6. The number of nitrogens with zero attached hydrogens (tertiary/aromatic N) is 1. The molecule has 2 nitrogen and oxygen atoms in total. The second-order valence-corrected chi connectivity index (χ2v) is 4.76. The average Bonchev–Trinajstić information content (AvgIpc) is 2.74. The molecule has 1 saturated carbocycles. The molecular weight excluding hydrogens is 184 g/mol. The van der Waals surface area contributed by atoms with Crippen LogP contribution in [0.4, 0.5) is 5.69 Å². The predicted molar refractivity (Wildman–Crippen MR) is 63.6 cm³/mol. The number of nitrogens with two attached hydrogens (primary N) is 1. The Hall–Kier alpha value is -1.44. The van der Waals surface area contributed by atoms with E-state index in [-0.39, 0.29) is 0 Å². The standard InChI is InChI=1S/C13H16N2/c1-9-6-11(9)8-15-5-4-10-2-3-12(14)7-13(10)15/h2-5,7,9,11H,6,8,14H2,1H3. The molecule has 1 aliphatic rings. The van der Waals surface area contributed by atoms with Gasteiger partial charge in [-0.1, -0.05) is 13.0 Å². The van der Waals surface area contributed by atoms with Crippen molar-refractivity contribution in [3.05, 3.63) is 30.5 Å². The molecule has 0 radical (unpaired) electrons. The number of nitrogen functional groups attached to an aromatic ring is 1. The summed E-state index contributed by atoms with van der Waals surface area (Å²) in [5.74, 6) is 1.78. The lowest BCUT2D eigenvalue weighted by Crippen LogP contribution is -1.99. The first kappa shape index (κ1) is 8.84. The zero-order chi connectivity index (χ0) is 10.4. The van der Waals surface area contributed by atoms with Crippen LogP contribution in [-0.4, -0.2) is 4.57 Å². The van der Waals surface area contributed by atoms with Gasteiger partial charge in [-0.15, -0.1) is 0 Å². The van der Waals surface area contributed by atoms with E-state index in [1.165, 1.54) is 17.3 Å². The maximum absolute atomic E-state index is 5.81. The first-order valence-corrected chi connectivity index (χ1v) is 5.58. The van der Waals surface area contributed by atoms with Crippen molar-refractivity contribution < 1.29 is 0 Å². The maximum Gasteiger partial charge on any atom is 0.0500 e. The molecule has 2 aromatic rings. The highest BCUT2D eigenvalue weighted by atomic mass is 15.0. The van der Waals surface area contributed by atoms with Gasteiger partial charge in [0.25, 0.3) is 0 Å². The van der Waals surface area contributed by atoms with Crippen LogP contribution in [0, 0.1) is 11.8 Å². The van der Waals surface area contributed by atoms with Crippen molar-refractivity contribution in [2.24, 2.45) is 11.8 Å². The van der Waals surface area contributed by atoms with Gasteiger partial charge >= 0.3 is 0 Å². The van der Waals surface area contributed by atoms with Crippen LogP contribution in [0.3, 0.4) is 0 Å². The summed E-state index contributed by atoms with van der Waals surface area (Å²) in [6.45, 7) is 3.47. The molecule has 3 rings (SSSR count). The Kier molecular flexibility index (Phi) is 1.78. The van der Waals surface area contributed by atoms with Crippen LogP contribution in [0.15, 0.2) is 30.5 Å². The van der Waals surface area contributed by atoms with Crippen molar-refractivity contribution in [2.45, 2.75) is 19.9 Å². The molecule has 1 heterocycles. The molecule has 0 bridgehead atoms. The number of benzene rings is 1. The molecule has 2 atom stereocenters. The lowest BCUT2D eigenvalue weighted by Gasteiger charge is -2.04. The minimum atomic E-state index is 0.853. The number of fused-ring (bicyclic) bond motifs is 1. The molecular formula is C13H16N2. The van der Waals surface area contributed by atoms with E-state index in [1.807, 2.05) is 6.07 Å². The van der Waals surface area contributed by atoms with Gasteiger partial charge in [-0.05, 0) is 41.8 Å². The predicted octanol–water partition coefficient (Wildman–Crippen LogP) is 2.88. The van der Waals surface area contributed by atoms with Crippen LogP contribution in [0.25, 0.3) is 10.9 Å².